The number of hydrogen-bond donors (Lipinski definition) is 3. The molecule has 0 fully saturated rings. The summed E-state index contributed by atoms with van der Waals surface area (Å²) in [6.07, 6.45) is 1.07. The predicted molar refractivity (Wildman–Crippen MR) is 144 cm³/mol. The maximum atomic E-state index is 13.3. The van der Waals surface area contributed by atoms with Gasteiger partial charge in [-0.2, -0.15) is 13.2 Å². The molecule has 0 aliphatic rings. The average molecular weight is 528 g/mol. The van der Waals surface area contributed by atoms with Crippen LogP contribution in [-0.2, 0) is 6.18 Å². The number of nitrogen functional groups attached to an aromatic ring is 1. The Balaban J connectivity index is 1.51. The molecule has 0 unspecified atom stereocenters. The van der Waals surface area contributed by atoms with E-state index in [0.717, 1.165) is 49.8 Å². The van der Waals surface area contributed by atoms with E-state index in [1.807, 2.05) is 32.3 Å². The molecule has 0 amide bonds. The lowest BCUT2D eigenvalue weighted by Gasteiger charge is -2.24. The van der Waals surface area contributed by atoms with Crippen molar-refractivity contribution >= 4 is 28.5 Å². The number of rotatable bonds is 10. The number of fused-ring (bicyclic) bond motifs is 1. The number of hydrogen-bond acceptors (Lipinski definition) is 8. The SMILES string of the molecule is CCN(CC)CCN(C)c1ccc([C@@H](C)Nc2ncc(N)c(-c3c[nH]c4ncc(C(F)(F)F)cc34)n2)cn1. The summed E-state index contributed by atoms with van der Waals surface area (Å²) in [5, 5.41) is 3.50. The number of nitrogens with two attached hydrogens (primary N) is 1. The van der Waals surface area contributed by atoms with Gasteiger partial charge in [0.1, 0.15) is 17.2 Å². The molecule has 202 valence electrons. The van der Waals surface area contributed by atoms with E-state index in [2.05, 4.69) is 53.9 Å². The summed E-state index contributed by atoms with van der Waals surface area (Å²) < 4.78 is 39.8. The van der Waals surface area contributed by atoms with Gasteiger partial charge in [-0.15, -0.1) is 0 Å². The number of nitrogens with one attached hydrogen (secondary N) is 2. The van der Waals surface area contributed by atoms with Gasteiger partial charge in [0, 0.05) is 49.7 Å². The minimum atomic E-state index is -4.52. The van der Waals surface area contributed by atoms with Crippen molar-refractivity contribution in [3.05, 3.63) is 54.1 Å². The van der Waals surface area contributed by atoms with Crippen LogP contribution >= 0.6 is 0 Å². The third kappa shape index (κ3) is 5.96. The zero-order valence-electron chi connectivity index (χ0n) is 21.8. The van der Waals surface area contributed by atoms with Crippen LogP contribution in [0.2, 0.25) is 0 Å². The molecule has 0 radical (unpaired) electrons. The first-order valence-corrected chi connectivity index (χ1v) is 12.4. The lowest BCUT2D eigenvalue weighted by atomic mass is 10.1. The fourth-order valence-electron chi connectivity index (χ4n) is 4.13. The van der Waals surface area contributed by atoms with Gasteiger partial charge >= 0.3 is 6.18 Å². The first-order chi connectivity index (χ1) is 18.1. The number of alkyl halides is 3. The second kappa shape index (κ2) is 11.2. The van der Waals surface area contributed by atoms with E-state index >= 15 is 0 Å². The molecule has 4 N–H and O–H groups in total. The van der Waals surface area contributed by atoms with Gasteiger partial charge < -0.3 is 25.8 Å². The van der Waals surface area contributed by atoms with Gasteiger partial charge in [-0.05, 0) is 37.7 Å². The van der Waals surface area contributed by atoms with E-state index in [1.165, 1.54) is 6.20 Å². The van der Waals surface area contributed by atoms with Gasteiger partial charge in [0.05, 0.1) is 23.5 Å². The molecular weight excluding hydrogens is 495 g/mol. The van der Waals surface area contributed by atoms with Crippen molar-refractivity contribution in [2.75, 3.05) is 49.2 Å². The molecular formula is C26H32F3N9. The van der Waals surface area contributed by atoms with E-state index in [-0.39, 0.29) is 23.1 Å². The normalized spacial score (nSPS) is 12.7. The van der Waals surface area contributed by atoms with Crippen molar-refractivity contribution < 1.29 is 13.2 Å². The molecule has 4 heterocycles. The summed E-state index contributed by atoms with van der Waals surface area (Å²) >= 11 is 0. The van der Waals surface area contributed by atoms with Crippen molar-refractivity contribution in [2.45, 2.75) is 33.0 Å². The Labute approximate surface area is 219 Å². The van der Waals surface area contributed by atoms with Crippen LogP contribution in [0.25, 0.3) is 22.3 Å². The number of halogens is 3. The Morgan fingerprint density at radius 2 is 1.82 bits per heavy atom. The third-order valence-corrected chi connectivity index (χ3v) is 6.58. The van der Waals surface area contributed by atoms with E-state index in [0.29, 0.717) is 16.9 Å². The topological polar surface area (TPSA) is 112 Å². The molecule has 0 aliphatic heterocycles. The molecule has 9 nitrogen and oxygen atoms in total. The third-order valence-electron chi connectivity index (χ3n) is 6.58. The largest absolute Gasteiger partial charge is 0.417 e. The molecule has 4 aromatic heterocycles. The Hall–Kier alpha value is -3.93. The number of H-pyrrole nitrogens is 1. The highest BCUT2D eigenvalue weighted by molar-refractivity contribution is 5.95. The van der Waals surface area contributed by atoms with Crippen LogP contribution in [0.5, 0.6) is 0 Å². The second-order valence-corrected chi connectivity index (χ2v) is 9.08. The zero-order chi connectivity index (χ0) is 27.4. The molecule has 0 spiro atoms. The Bertz CT molecular complexity index is 1360. The highest BCUT2D eigenvalue weighted by atomic mass is 19.4. The monoisotopic (exact) mass is 527 g/mol. The minimum absolute atomic E-state index is 0.185. The maximum Gasteiger partial charge on any atom is 0.417 e. The quantitative estimate of drug-likeness (QED) is 0.265. The summed E-state index contributed by atoms with van der Waals surface area (Å²) in [6, 6.07) is 4.83. The maximum absolute atomic E-state index is 13.3. The van der Waals surface area contributed by atoms with Crippen LogP contribution < -0.4 is 16.0 Å². The van der Waals surface area contributed by atoms with E-state index < -0.39 is 11.7 Å². The predicted octanol–water partition coefficient (Wildman–Crippen LogP) is 4.97. The van der Waals surface area contributed by atoms with E-state index in [9.17, 15) is 13.2 Å². The second-order valence-electron chi connectivity index (χ2n) is 9.08. The van der Waals surface area contributed by atoms with Crippen LogP contribution in [0.15, 0.2) is 43.0 Å². The number of pyridine rings is 2. The Kier molecular flexibility index (Phi) is 8.00. The van der Waals surface area contributed by atoms with Crippen molar-refractivity contribution in [2.24, 2.45) is 0 Å². The molecule has 4 rings (SSSR count). The molecule has 0 saturated carbocycles. The Morgan fingerprint density at radius 1 is 1.05 bits per heavy atom. The fraction of sp³-hybridized carbons (Fsp3) is 0.385. The van der Waals surface area contributed by atoms with Crippen molar-refractivity contribution in [3.63, 3.8) is 0 Å². The van der Waals surface area contributed by atoms with Crippen LogP contribution in [0, 0.1) is 0 Å². The number of anilines is 3. The molecule has 0 bridgehead atoms. The van der Waals surface area contributed by atoms with Crippen LogP contribution in [-0.4, -0.2) is 63.0 Å². The zero-order valence-corrected chi connectivity index (χ0v) is 21.8. The van der Waals surface area contributed by atoms with Crippen LogP contribution in [0.4, 0.5) is 30.6 Å². The Morgan fingerprint density at radius 3 is 2.47 bits per heavy atom. The molecule has 12 heteroatoms. The number of aromatic nitrogens is 5. The van der Waals surface area contributed by atoms with Crippen molar-refractivity contribution in [1.82, 2.24) is 29.8 Å². The highest BCUT2D eigenvalue weighted by Gasteiger charge is 2.31. The molecule has 1 atom stereocenters. The van der Waals surface area contributed by atoms with Gasteiger partial charge in [0.15, 0.2) is 0 Å². The van der Waals surface area contributed by atoms with Gasteiger partial charge in [-0.3, -0.25) is 0 Å². The first kappa shape index (κ1) is 27.1. The molecule has 0 saturated heterocycles. The molecule has 0 aromatic carbocycles. The summed E-state index contributed by atoms with van der Waals surface area (Å²) in [4.78, 5) is 24.7. The average Bonchev–Trinajstić information content (AvgIpc) is 3.33. The fourth-order valence-corrected chi connectivity index (χ4v) is 4.13. The molecule has 38 heavy (non-hydrogen) atoms. The summed E-state index contributed by atoms with van der Waals surface area (Å²) in [5.74, 6) is 1.17. The van der Waals surface area contributed by atoms with Crippen molar-refractivity contribution in [1.29, 1.82) is 0 Å². The van der Waals surface area contributed by atoms with Gasteiger partial charge in [-0.1, -0.05) is 19.9 Å². The number of likely N-dealkylation sites (N-methyl/N-ethyl adjacent to an activating group) is 2. The number of nitrogens with zero attached hydrogens (tertiary/aromatic N) is 6. The first-order valence-electron chi connectivity index (χ1n) is 12.4. The lowest BCUT2D eigenvalue weighted by Crippen LogP contribution is -2.33. The highest BCUT2D eigenvalue weighted by Crippen LogP contribution is 2.35. The van der Waals surface area contributed by atoms with Crippen LogP contribution in [0.1, 0.15) is 37.9 Å². The van der Waals surface area contributed by atoms with Gasteiger partial charge in [-0.25, -0.2) is 19.9 Å². The standard InChI is InChI=1S/C26H32F3N9/c1-5-38(6-2)10-9-37(4)22-8-7-17(12-31-22)16(3)35-25-34-15-21(30)23(36-25)20-14-33-24-19(20)11-18(13-32-24)26(27,28)29/h7-8,11-16H,5-6,9-10,30H2,1-4H3,(H,32,33)(H,34,35,36)/t16-/m1/s1. The number of aromatic amines is 1. The summed E-state index contributed by atoms with van der Waals surface area (Å²) in [7, 11) is 2.02. The minimum Gasteiger partial charge on any atom is -0.396 e. The lowest BCUT2D eigenvalue weighted by molar-refractivity contribution is -0.137. The van der Waals surface area contributed by atoms with Crippen LogP contribution in [0.3, 0.4) is 0 Å². The molecule has 4 aromatic rings. The van der Waals surface area contributed by atoms with Gasteiger partial charge in [0.25, 0.3) is 0 Å². The summed E-state index contributed by atoms with van der Waals surface area (Å²) in [6.45, 7) is 10.1. The smallest absolute Gasteiger partial charge is 0.396 e. The molecule has 0 aliphatic carbocycles. The summed E-state index contributed by atoms with van der Waals surface area (Å²) in [5.41, 5.74) is 7.46. The van der Waals surface area contributed by atoms with Crippen molar-refractivity contribution in [3.8, 4) is 11.3 Å². The van der Waals surface area contributed by atoms with E-state index in [4.69, 9.17) is 5.73 Å². The van der Waals surface area contributed by atoms with Gasteiger partial charge in [0.2, 0.25) is 5.95 Å². The van der Waals surface area contributed by atoms with E-state index in [1.54, 1.807) is 6.20 Å².